The van der Waals surface area contributed by atoms with Crippen molar-refractivity contribution in [2.75, 3.05) is 52.7 Å². The van der Waals surface area contributed by atoms with E-state index in [4.69, 9.17) is 4.74 Å². The Morgan fingerprint density at radius 2 is 1.54 bits per heavy atom. The Morgan fingerprint density at radius 1 is 0.946 bits per heavy atom. The summed E-state index contributed by atoms with van der Waals surface area (Å²) in [5.74, 6) is 0.491. The highest BCUT2D eigenvalue weighted by Gasteiger charge is 2.37. The summed E-state index contributed by atoms with van der Waals surface area (Å²) >= 11 is 0. The van der Waals surface area contributed by atoms with Crippen LogP contribution in [0.25, 0.3) is 0 Å². The highest BCUT2D eigenvalue weighted by Crippen LogP contribution is 2.37. The second-order valence-electron chi connectivity index (χ2n) is 8.80. The van der Waals surface area contributed by atoms with E-state index in [0.29, 0.717) is 30.8 Å². The summed E-state index contributed by atoms with van der Waals surface area (Å²) in [7, 11) is 5.51. The number of nitrogens with zero attached hydrogens (tertiary/aromatic N) is 1. The molecule has 37 heavy (non-hydrogen) atoms. The Morgan fingerprint density at radius 3 is 2.05 bits per heavy atom. The molecule has 1 atom stereocenters. The van der Waals surface area contributed by atoms with Crippen LogP contribution in [0.5, 0.6) is 5.75 Å². The smallest absolute Gasteiger partial charge is 0.416 e. The molecule has 0 saturated carbocycles. The van der Waals surface area contributed by atoms with Crippen LogP contribution < -0.4 is 20.7 Å². The molecule has 12 heteroatoms. The van der Waals surface area contributed by atoms with Crippen LogP contribution in [0.15, 0.2) is 42.5 Å². The molecule has 0 aliphatic rings. The van der Waals surface area contributed by atoms with Crippen molar-refractivity contribution in [3.05, 3.63) is 59.2 Å². The van der Waals surface area contributed by atoms with E-state index < -0.39 is 35.2 Å². The molecule has 3 N–H and O–H groups in total. The number of nitrogens with one attached hydrogen (secondary N) is 3. The number of anilines is 1. The van der Waals surface area contributed by atoms with Gasteiger partial charge < -0.3 is 25.6 Å². The zero-order valence-electron chi connectivity index (χ0n) is 20.9. The van der Waals surface area contributed by atoms with Gasteiger partial charge in [0.15, 0.2) is 0 Å². The molecule has 0 aromatic heterocycles. The first-order valence-corrected chi connectivity index (χ1v) is 11.6. The number of halogens is 6. The van der Waals surface area contributed by atoms with Crippen LogP contribution in [0, 0.1) is 0 Å². The minimum atomic E-state index is -5.01. The zero-order chi connectivity index (χ0) is 27.6. The van der Waals surface area contributed by atoms with Crippen molar-refractivity contribution in [3.63, 3.8) is 0 Å². The van der Waals surface area contributed by atoms with Crippen LogP contribution in [-0.4, -0.2) is 58.3 Å². The minimum Gasteiger partial charge on any atom is -0.497 e. The van der Waals surface area contributed by atoms with Crippen molar-refractivity contribution in [2.45, 2.75) is 31.1 Å². The van der Waals surface area contributed by atoms with E-state index in [2.05, 4.69) is 20.9 Å². The summed E-state index contributed by atoms with van der Waals surface area (Å²) in [6.07, 6.45) is -8.42. The molecule has 0 aliphatic carbocycles. The van der Waals surface area contributed by atoms with E-state index in [-0.39, 0.29) is 18.5 Å². The van der Waals surface area contributed by atoms with Gasteiger partial charge in [-0.15, -0.1) is 0 Å². The van der Waals surface area contributed by atoms with Gasteiger partial charge in [-0.1, -0.05) is 12.1 Å². The number of amides is 2. The van der Waals surface area contributed by atoms with Crippen molar-refractivity contribution in [1.29, 1.82) is 0 Å². The third-order valence-electron chi connectivity index (χ3n) is 5.57. The largest absolute Gasteiger partial charge is 0.497 e. The number of alkyl halides is 6. The number of carbonyl (C=O) groups excluding carboxylic acids is 1. The third kappa shape index (κ3) is 10.5. The Labute approximate surface area is 212 Å². The van der Waals surface area contributed by atoms with E-state index in [9.17, 15) is 31.1 Å². The molecule has 0 fully saturated rings. The Hall–Kier alpha value is -2.99. The average molecular weight is 535 g/mol. The molecule has 2 rings (SSSR count). The van der Waals surface area contributed by atoms with Crippen molar-refractivity contribution >= 4 is 11.7 Å². The summed E-state index contributed by atoms with van der Waals surface area (Å²) in [6, 6.07) is 7.26. The molecule has 6 nitrogen and oxygen atoms in total. The Bertz CT molecular complexity index is 962. The van der Waals surface area contributed by atoms with Crippen LogP contribution in [0.3, 0.4) is 0 Å². The van der Waals surface area contributed by atoms with E-state index >= 15 is 0 Å². The summed E-state index contributed by atoms with van der Waals surface area (Å²) in [5, 5.41) is 8.00. The van der Waals surface area contributed by atoms with Crippen LogP contribution in [0.4, 0.5) is 36.8 Å². The second kappa shape index (κ2) is 13.5. The highest BCUT2D eigenvalue weighted by atomic mass is 19.4. The van der Waals surface area contributed by atoms with Crippen molar-refractivity contribution in [1.82, 2.24) is 15.5 Å². The lowest BCUT2D eigenvalue weighted by molar-refractivity contribution is -0.143. The van der Waals surface area contributed by atoms with Gasteiger partial charge in [0.05, 0.1) is 18.2 Å². The monoisotopic (exact) mass is 534 g/mol. The fraction of sp³-hybridized carbons (Fsp3) is 0.480. The van der Waals surface area contributed by atoms with Crippen LogP contribution in [0.1, 0.15) is 35.4 Å². The predicted molar refractivity (Wildman–Crippen MR) is 130 cm³/mol. The Kier molecular flexibility index (Phi) is 11.1. The van der Waals surface area contributed by atoms with E-state index in [1.165, 1.54) is 7.11 Å². The average Bonchev–Trinajstić information content (AvgIpc) is 2.81. The molecular weight excluding hydrogens is 502 g/mol. The van der Waals surface area contributed by atoms with Gasteiger partial charge in [0, 0.05) is 18.2 Å². The number of benzene rings is 2. The van der Waals surface area contributed by atoms with Gasteiger partial charge in [0.1, 0.15) is 5.75 Å². The SMILES string of the molecule is COc1ccc(C(CCNCCCN(C)C)CNC(=O)Nc2cc(C(F)(F)F)cc(C(F)(F)F)c2)cc1. The van der Waals surface area contributed by atoms with Crippen LogP contribution in [0.2, 0.25) is 0 Å². The van der Waals surface area contributed by atoms with E-state index in [1.807, 2.05) is 26.2 Å². The number of hydrogen-bond donors (Lipinski definition) is 3. The molecule has 2 amide bonds. The van der Waals surface area contributed by atoms with Gasteiger partial charge in [-0.3, -0.25) is 0 Å². The summed E-state index contributed by atoms with van der Waals surface area (Å²) in [5.41, 5.74) is -2.72. The number of rotatable bonds is 12. The van der Waals surface area contributed by atoms with Gasteiger partial charge in [-0.05, 0) is 82.5 Å². The first-order chi connectivity index (χ1) is 17.3. The number of carbonyl (C=O) groups is 1. The molecule has 0 spiro atoms. The molecule has 2 aromatic rings. The predicted octanol–water partition coefficient (Wildman–Crippen LogP) is 5.57. The highest BCUT2D eigenvalue weighted by molar-refractivity contribution is 5.89. The normalized spacial score (nSPS) is 12.9. The molecule has 0 bridgehead atoms. The number of ether oxygens (including phenoxy) is 1. The fourth-order valence-electron chi connectivity index (χ4n) is 3.60. The fourth-order valence-corrected chi connectivity index (χ4v) is 3.60. The van der Waals surface area contributed by atoms with Gasteiger partial charge >= 0.3 is 18.4 Å². The Balaban J connectivity index is 2.07. The quantitative estimate of drug-likeness (QED) is 0.246. The number of methoxy groups -OCH3 is 1. The standard InChI is InChI=1S/C25H32F6N4O2/c1-35(2)12-4-10-32-11-9-18(17-5-7-22(37-3)8-6-17)16-33-23(36)34-21-14-19(24(26,27)28)13-20(15-21)25(29,30)31/h5-8,13-15,18,32H,4,9-12,16H2,1-3H3,(H2,33,34,36). The minimum absolute atomic E-state index is 0.00827. The van der Waals surface area contributed by atoms with Gasteiger partial charge in [-0.25, -0.2) is 4.79 Å². The molecule has 1 unspecified atom stereocenters. The van der Waals surface area contributed by atoms with E-state index in [1.54, 1.807) is 12.1 Å². The molecule has 0 saturated heterocycles. The van der Waals surface area contributed by atoms with Gasteiger partial charge in [0.25, 0.3) is 0 Å². The van der Waals surface area contributed by atoms with Gasteiger partial charge in [0.2, 0.25) is 0 Å². The number of urea groups is 1. The maximum Gasteiger partial charge on any atom is 0.416 e. The summed E-state index contributed by atoms with van der Waals surface area (Å²) < 4.78 is 83.7. The third-order valence-corrected chi connectivity index (χ3v) is 5.57. The first kappa shape index (κ1) is 30.2. The molecule has 0 heterocycles. The summed E-state index contributed by atoms with van der Waals surface area (Å²) in [4.78, 5) is 14.5. The van der Waals surface area contributed by atoms with Gasteiger partial charge in [-0.2, -0.15) is 26.3 Å². The topological polar surface area (TPSA) is 65.6 Å². The molecule has 2 aromatic carbocycles. The molecule has 0 radical (unpaired) electrons. The van der Waals surface area contributed by atoms with Crippen molar-refractivity contribution < 1.29 is 35.9 Å². The lowest BCUT2D eigenvalue weighted by Gasteiger charge is -2.20. The second-order valence-corrected chi connectivity index (χ2v) is 8.80. The van der Waals surface area contributed by atoms with Crippen LogP contribution >= 0.6 is 0 Å². The van der Waals surface area contributed by atoms with Crippen molar-refractivity contribution in [3.8, 4) is 5.75 Å². The number of hydrogen-bond acceptors (Lipinski definition) is 4. The molecular formula is C25H32F6N4O2. The lowest BCUT2D eigenvalue weighted by Crippen LogP contribution is -2.33. The molecule has 0 aliphatic heterocycles. The van der Waals surface area contributed by atoms with Crippen LogP contribution in [-0.2, 0) is 12.4 Å². The summed E-state index contributed by atoms with van der Waals surface area (Å²) in [6.45, 7) is 2.50. The molecule has 206 valence electrons. The lowest BCUT2D eigenvalue weighted by atomic mass is 9.95. The first-order valence-electron chi connectivity index (χ1n) is 11.6. The zero-order valence-corrected chi connectivity index (χ0v) is 20.9. The van der Waals surface area contributed by atoms with Crippen molar-refractivity contribution in [2.24, 2.45) is 0 Å². The maximum absolute atomic E-state index is 13.1. The van der Waals surface area contributed by atoms with E-state index in [0.717, 1.165) is 25.1 Å². The maximum atomic E-state index is 13.1.